The third kappa shape index (κ3) is 13.6. The first-order chi connectivity index (χ1) is 27.2. The maximum absolute atomic E-state index is 13.4. The summed E-state index contributed by atoms with van der Waals surface area (Å²) in [5.74, 6) is -0.334. The lowest BCUT2D eigenvalue weighted by atomic mass is 10.1. The summed E-state index contributed by atoms with van der Waals surface area (Å²) >= 11 is 0. The van der Waals surface area contributed by atoms with Gasteiger partial charge in [0, 0.05) is 32.0 Å². The number of carbonyl (C=O) groups excluding carboxylic acids is 4. The minimum Gasteiger partial charge on any atom is -0.372 e. The number of hydrogen-bond donors (Lipinski definition) is 4. The minimum atomic E-state index is -0.504. The number of anilines is 3. The summed E-state index contributed by atoms with van der Waals surface area (Å²) in [7, 11) is 1.94. The number of carbonyl (C=O) groups is 4. The molecule has 0 aromatic heterocycles. The van der Waals surface area contributed by atoms with Crippen LogP contribution in [-0.4, -0.2) is 55.2 Å². The molecule has 4 aromatic rings. The van der Waals surface area contributed by atoms with Gasteiger partial charge in [0.2, 0.25) is 12.3 Å². The highest BCUT2D eigenvalue weighted by Gasteiger charge is 2.35. The van der Waals surface area contributed by atoms with Crippen molar-refractivity contribution in [2.45, 2.75) is 46.1 Å². The number of rotatable bonds is 13. The van der Waals surface area contributed by atoms with Crippen LogP contribution in [0.5, 0.6) is 0 Å². The number of nitrogens with one attached hydrogen (secondary N) is 3. The molecule has 10 heteroatoms. The number of primary amides is 1. The van der Waals surface area contributed by atoms with Gasteiger partial charge in [0.1, 0.15) is 6.04 Å². The molecule has 0 saturated carbocycles. The van der Waals surface area contributed by atoms with E-state index >= 15 is 0 Å². The molecule has 1 saturated heterocycles. The van der Waals surface area contributed by atoms with E-state index in [0.717, 1.165) is 29.7 Å². The second-order valence-corrected chi connectivity index (χ2v) is 12.8. The number of allylic oxidation sites excluding steroid dienone is 3. The van der Waals surface area contributed by atoms with Crippen molar-refractivity contribution in [3.8, 4) is 0 Å². The third-order valence-electron chi connectivity index (χ3n) is 8.61. The van der Waals surface area contributed by atoms with Crippen LogP contribution in [0.3, 0.4) is 0 Å². The molecule has 0 spiro atoms. The van der Waals surface area contributed by atoms with E-state index < -0.39 is 6.04 Å². The van der Waals surface area contributed by atoms with Gasteiger partial charge in [-0.25, -0.2) is 0 Å². The Bertz CT molecular complexity index is 1970. The average molecular weight is 755 g/mol. The van der Waals surface area contributed by atoms with Crippen molar-refractivity contribution in [1.82, 2.24) is 10.2 Å². The Kier molecular flexibility index (Phi) is 18.6. The number of hydrogen-bond acceptors (Lipinski definition) is 6. The Morgan fingerprint density at radius 1 is 0.911 bits per heavy atom. The number of likely N-dealkylation sites (tertiary alicyclic amines) is 1. The Morgan fingerprint density at radius 2 is 1.52 bits per heavy atom. The summed E-state index contributed by atoms with van der Waals surface area (Å²) in [6, 6.07) is 30.5. The minimum absolute atomic E-state index is 0.0150. The Labute approximate surface area is 331 Å². The molecule has 1 aliphatic heterocycles. The summed E-state index contributed by atoms with van der Waals surface area (Å²) in [6.45, 7) is 11.0. The summed E-state index contributed by atoms with van der Waals surface area (Å²) in [5, 5.41) is 9.01. The fraction of sp³-hybridized carbons (Fsp3) is 0.217. The second-order valence-electron chi connectivity index (χ2n) is 12.8. The van der Waals surface area contributed by atoms with E-state index in [1.54, 1.807) is 29.3 Å². The molecule has 0 bridgehead atoms. The lowest BCUT2D eigenvalue weighted by Gasteiger charge is -2.25. The van der Waals surface area contributed by atoms with Gasteiger partial charge >= 0.3 is 0 Å². The maximum atomic E-state index is 13.4. The first kappa shape index (κ1) is 43.7. The number of amides is 4. The molecule has 4 amide bonds. The van der Waals surface area contributed by atoms with E-state index in [4.69, 9.17) is 4.79 Å². The number of nitrogens with two attached hydrogens (primary N) is 1. The van der Waals surface area contributed by atoms with E-state index in [1.165, 1.54) is 5.56 Å². The fourth-order valence-electron chi connectivity index (χ4n) is 5.82. The van der Waals surface area contributed by atoms with Crippen LogP contribution in [0.1, 0.15) is 70.5 Å². The molecule has 10 nitrogen and oxygen atoms in total. The molecule has 292 valence electrons. The van der Waals surface area contributed by atoms with Crippen molar-refractivity contribution >= 4 is 53.3 Å². The van der Waals surface area contributed by atoms with Crippen molar-refractivity contribution in [3.05, 3.63) is 162 Å². The molecule has 4 aromatic carbocycles. The zero-order valence-corrected chi connectivity index (χ0v) is 32.8. The zero-order chi connectivity index (χ0) is 40.7. The number of para-hydroxylation sites is 2. The van der Waals surface area contributed by atoms with Crippen LogP contribution in [0.25, 0.3) is 12.2 Å². The van der Waals surface area contributed by atoms with Crippen LogP contribution in [0.2, 0.25) is 0 Å². The highest BCUT2D eigenvalue weighted by molar-refractivity contribution is 6.04. The van der Waals surface area contributed by atoms with E-state index in [-0.39, 0.29) is 24.1 Å². The van der Waals surface area contributed by atoms with Crippen LogP contribution in [-0.2, 0) is 9.59 Å². The zero-order valence-electron chi connectivity index (χ0n) is 32.8. The monoisotopic (exact) mass is 754 g/mol. The highest BCUT2D eigenvalue weighted by Crippen LogP contribution is 2.26. The van der Waals surface area contributed by atoms with Gasteiger partial charge in [0.05, 0.1) is 22.5 Å². The fourth-order valence-corrected chi connectivity index (χ4v) is 5.82. The summed E-state index contributed by atoms with van der Waals surface area (Å²) < 4.78 is 0. The summed E-state index contributed by atoms with van der Waals surface area (Å²) in [4.78, 5) is 50.7. The largest absolute Gasteiger partial charge is 0.372 e. The smallest absolute Gasteiger partial charge is 0.256 e. The third-order valence-corrected chi connectivity index (χ3v) is 8.61. The first-order valence-electron chi connectivity index (χ1n) is 18.6. The van der Waals surface area contributed by atoms with Gasteiger partial charge < -0.3 is 31.5 Å². The average Bonchev–Trinajstić information content (AvgIpc) is 3.72. The van der Waals surface area contributed by atoms with Gasteiger partial charge in [0.25, 0.3) is 11.8 Å². The molecule has 1 heterocycles. The predicted molar refractivity (Wildman–Crippen MR) is 231 cm³/mol. The van der Waals surface area contributed by atoms with Crippen LogP contribution in [0.4, 0.5) is 17.1 Å². The second kappa shape index (κ2) is 23.9. The number of nitrogens with zero attached hydrogens (tertiary/aromatic N) is 2. The van der Waals surface area contributed by atoms with Crippen LogP contribution < -0.4 is 26.6 Å². The SMILES string of the molecule is C/C=C\N(C)c1ccccc1C(=O)NCCC.C=C/C=C\Nc1ccccc1C(=O)N1CCCC1C(=O)Nc1ccc(/C=C/c2ccc(C)cc2)cc1.NC=O. The quantitative estimate of drug-likeness (QED) is 0.0615. The van der Waals surface area contributed by atoms with Crippen molar-refractivity contribution in [2.24, 2.45) is 5.73 Å². The van der Waals surface area contributed by atoms with Crippen molar-refractivity contribution in [3.63, 3.8) is 0 Å². The van der Waals surface area contributed by atoms with E-state index in [9.17, 15) is 14.4 Å². The number of benzene rings is 4. The first-order valence-corrected chi connectivity index (χ1v) is 18.6. The molecule has 0 aliphatic carbocycles. The summed E-state index contributed by atoms with van der Waals surface area (Å²) in [6.07, 6.45) is 15.8. The van der Waals surface area contributed by atoms with Crippen molar-refractivity contribution in [1.29, 1.82) is 0 Å². The molecular weight excluding hydrogens is 701 g/mol. The van der Waals surface area contributed by atoms with Gasteiger partial charge in [-0.15, -0.1) is 0 Å². The summed E-state index contributed by atoms with van der Waals surface area (Å²) in [5.41, 5.74) is 11.1. The molecule has 1 fully saturated rings. The lowest BCUT2D eigenvalue weighted by Crippen LogP contribution is -2.43. The number of aryl methyl sites for hydroxylation is 1. The van der Waals surface area contributed by atoms with Crippen molar-refractivity contribution in [2.75, 3.05) is 35.7 Å². The molecule has 1 unspecified atom stereocenters. The van der Waals surface area contributed by atoms with Gasteiger partial charge in [-0.2, -0.15) is 0 Å². The predicted octanol–water partition coefficient (Wildman–Crippen LogP) is 8.42. The van der Waals surface area contributed by atoms with Gasteiger partial charge in [-0.3, -0.25) is 19.2 Å². The Hall–Kier alpha value is -6.68. The van der Waals surface area contributed by atoms with Gasteiger partial charge in [-0.1, -0.05) is 104 Å². The maximum Gasteiger partial charge on any atom is 0.256 e. The molecule has 0 radical (unpaired) electrons. The molecule has 5 rings (SSSR count). The van der Waals surface area contributed by atoms with Crippen LogP contribution in [0.15, 0.2) is 134 Å². The molecule has 1 aliphatic rings. The molecular formula is C46H54N6O4. The molecule has 5 N–H and O–H groups in total. The van der Waals surface area contributed by atoms with Crippen LogP contribution >= 0.6 is 0 Å². The van der Waals surface area contributed by atoms with E-state index in [2.05, 4.69) is 65.5 Å². The lowest BCUT2D eigenvalue weighted by molar-refractivity contribution is -0.119. The molecule has 1 atom stereocenters. The topological polar surface area (TPSA) is 137 Å². The van der Waals surface area contributed by atoms with E-state index in [1.807, 2.05) is 111 Å². The van der Waals surface area contributed by atoms with Gasteiger partial charge in [0.15, 0.2) is 0 Å². The molecule has 56 heavy (non-hydrogen) atoms. The van der Waals surface area contributed by atoms with Gasteiger partial charge in [-0.05, 0) is 92.9 Å². The normalized spacial score (nSPS) is 13.3. The standard InChI is InChI=1S/C31H31N3O2.C14H20N2O.CH3NO/c1-3-4-21-32-28-9-6-5-8-27(28)31(36)34-22-7-10-29(34)30(35)33-26-19-17-25(18-20-26)16-15-24-13-11-23(2)12-14-24;1-4-10-15-14(17)12-8-6-7-9-13(12)16(3)11-5-2;2-1-3/h3-6,8-9,11-21,29,32H,1,7,10,22H2,2H3,(H,33,35);5-9,11H,4,10H2,1-3H3,(H,15,17);1H,(H2,2,3)/b16-15+,21-4-;11-5-;. The van der Waals surface area contributed by atoms with Crippen LogP contribution in [0, 0.1) is 6.92 Å². The Balaban J connectivity index is 0.000000351. The Morgan fingerprint density at radius 3 is 2.14 bits per heavy atom. The highest BCUT2D eigenvalue weighted by atomic mass is 16.2. The van der Waals surface area contributed by atoms with Crippen molar-refractivity contribution < 1.29 is 19.2 Å². The van der Waals surface area contributed by atoms with E-state index in [0.29, 0.717) is 42.0 Å².